The Bertz CT molecular complexity index is 657. The quantitative estimate of drug-likeness (QED) is 0.831. The second-order valence-electron chi connectivity index (χ2n) is 4.23. The Morgan fingerprint density at radius 3 is 2.50 bits per heavy atom. The van der Waals surface area contributed by atoms with Crippen molar-refractivity contribution in [1.82, 2.24) is 4.98 Å². The third-order valence-corrected chi connectivity index (χ3v) is 2.79. The van der Waals surface area contributed by atoms with Gasteiger partial charge in [0.1, 0.15) is 0 Å². The Hall–Kier alpha value is -2.77. The largest absolute Gasteiger partial charge is 0.481 e. The minimum atomic E-state index is -4.49. The molecule has 0 aliphatic heterocycles. The number of carbonyl (C=O) groups is 1. The number of benzene rings is 1. The van der Waals surface area contributed by atoms with Crippen LogP contribution >= 0.6 is 0 Å². The number of ether oxygens (including phenoxy) is 1. The van der Waals surface area contributed by atoms with Gasteiger partial charge in [-0.05, 0) is 24.3 Å². The molecule has 8 heteroatoms. The molecule has 2 aromatic rings. The summed E-state index contributed by atoms with van der Waals surface area (Å²) in [6.07, 6.45) is -2.71. The van der Waals surface area contributed by atoms with Gasteiger partial charge in [0.05, 0.1) is 35.9 Å². The van der Waals surface area contributed by atoms with E-state index in [1.54, 1.807) is 12.1 Å². The van der Waals surface area contributed by atoms with Crippen LogP contribution in [-0.4, -0.2) is 18.5 Å². The maximum absolute atomic E-state index is 12.7. The number of halogens is 3. The highest BCUT2D eigenvalue weighted by atomic mass is 19.4. The highest BCUT2D eigenvalue weighted by Gasteiger charge is 2.31. The van der Waals surface area contributed by atoms with E-state index in [4.69, 9.17) is 4.74 Å². The lowest BCUT2D eigenvalue weighted by molar-refractivity contribution is -0.137. The Morgan fingerprint density at radius 1 is 1.18 bits per heavy atom. The molecule has 5 nitrogen and oxygen atoms in total. The predicted molar refractivity (Wildman–Crippen MR) is 75.2 cm³/mol. The van der Waals surface area contributed by atoms with E-state index in [0.29, 0.717) is 23.7 Å². The molecule has 22 heavy (non-hydrogen) atoms. The molecule has 0 saturated heterocycles. The molecule has 1 amide bonds. The van der Waals surface area contributed by atoms with Gasteiger partial charge in [0.2, 0.25) is 12.3 Å². The number of rotatable bonds is 5. The molecule has 0 spiro atoms. The lowest BCUT2D eigenvalue weighted by atomic mass is 10.1. The molecule has 0 unspecified atom stereocenters. The van der Waals surface area contributed by atoms with Gasteiger partial charge in [-0.15, -0.1) is 0 Å². The summed E-state index contributed by atoms with van der Waals surface area (Å²) in [5.74, 6) is 0.407. The summed E-state index contributed by atoms with van der Waals surface area (Å²) in [5, 5.41) is 5.12. The maximum Gasteiger partial charge on any atom is 0.416 e. The number of hydrogen-bond acceptors (Lipinski definition) is 4. The summed E-state index contributed by atoms with van der Waals surface area (Å²) in [6, 6.07) is 6.26. The van der Waals surface area contributed by atoms with Gasteiger partial charge in [0.15, 0.2) is 0 Å². The van der Waals surface area contributed by atoms with Crippen LogP contribution in [0.5, 0.6) is 5.88 Å². The van der Waals surface area contributed by atoms with Crippen molar-refractivity contribution in [1.29, 1.82) is 0 Å². The Morgan fingerprint density at radius 2 is 1.95 bits per heavy atom. The predicted octanol–water partition coefficient (Wildman–Crippen LogP) is 3.42. The van der Waals surface area contributed by atoms with E-state index in [2.05, 4.69) is 15.6 Å². The lowest BCUT2D eigenvalue weighted by Gasteiger charge is -2.14. The number of amides is 1. The van der Waals surface area contributed by atoms with Gasteiger partial charge in [-0.3, -0.25) is 4.79 Å². The van der Waals surface area contributed by atoms with Crippen LogP contribution in [0, 0.1) is 0 Å². The van der Waals surface area contributed by atoms with Crippen LogP contribution in [0.3, 0.4) is 0 Å². The molecule has 0 radical (unpaired) electrons. The molecule has 2 rings (SSSR count). The fraction of sp³-hybridized carbons (Fsp3) is 0.143. The number of carbonyl (C=O) groups excluding carboxylic acids is 1. The first-order chi connectivity index (χ1) is 10.4. The van der Waals surface area contributed by atoms with Crippen LogP contribution in [0.2, 0.25) is 0 Å². The van der Waals surface area contributed by atoms with E-state index < -0.39 is 11.7 Å². The van der Waals surface area contributed by atoms with E-state index in [-0.39, 0.29) is 5.69 Å². The smallest absolute Gasteiger partial charge is 0.416 e. The van der Waals surface area contributed by atoms with Gasteiger partial charge < -0.3 is 15.4 Å². The molecule has 1 heterocycles. The Kier molecular flexibility index (Phi) is 4.50. The van der Waals surface area contributed by atoms with E-state index in [1.807, 2.05) is 0 Å². The Labute approximate surface area is 124 Å². The molecule has 2 N–H and O–H groups in total. The molecule has 0 fully saturated rings. The number of pyridine rings is 1. The molecule has 0 bridgehead atoms. The van der Waals surface area contributed by atoms with Crippen molar-refractivity contribution in [3.8, 4) is 5.88 Å². The molecule has 1 aromatic carbocycles. The van der Waals surface area contributed by atoms with Crippen LogP contribution in [0.1, 0.15) is 5.56 Å². The average Bonchev–Trinajstić information content (AvgIpc) is 2.49. The van der Waals surface area contributed by atoms with Gasteiger partial charge in [0, 0.05) is 6.07 Å². The van der Waals surface area contributed by atoms with Crippen LogP contribution in [-0.2, 0) is 11.0 Å². The highest BCUT2D eigenvalue weighted by Crippen LogP contribution is 2.34. The van der Waals surface area contributed by atoms with Crippen LogP contribution in [0.4, 0.5) is 30.2 Å². The monoisotopic (exact) mass is 311 g/mol. The highest BCUT2D eigenvalue weighted by molar-refractivity contribution is 5.83. The van der Waals surface area contributed by atoms with Gasteiger partial charge >= 0.3 is 6.18 Å². The van der Waals surface area contributed by atoms with Crippen molar-refractivity contribution in [2.45, 2.75) is 6.18 Å². The van der Waals surface area contributed by atoms with Crippen LogP contribution in [0.25, 0.3) is 0 Å². The van der Waals surface area contributed by atoms with E-state index in [9.17, 15) is 18.0 Å². The zero-order valence-corrected chi connectivity index (χ0v) is 11.4. The fourth-order valence-electron chi connectivity index (χ4n) is 1.74. The minimum Gasteiger partial charge on any atom is -0.481 e. The minimum absolute atomic E-state index is 0.0145. The van der Waals surface area contributed by atoms with Gasteiger partial charge in [-0.1, -0.05) is 0 Å². The lowest BCUT2D eigenvalue weighted by Crippen LogP contribution is -2.07. The van der Waals surface area contributed by atoms with E-state index in [1.165, 1.54) is 19.4 Å². The van der Waals surface area contributed by atoms with Crippen LogP contribution < -0.4 is 15.4 Å². The van der Waals surface area contributed by atoms with Crippen molar-refractivity contribution < 1.29 is 22.7 Å². The summed E-state index contributed by atoms with van der Waals surface area (Å²) < 4.78 is 43.0. The van der Waals surface area contributed by atoms with Gasteiger partial charge in [-0.25, -0.2) is 4.98 Å². The number of methoxy groups -OCH3 is 1. The number of anilines is 3. The number of nitrogens with one attached hydrogen (secondary N) is 2. The molecular formula is C14H12F3N3O2. The van der Waals surface area contributed by atoms with Gasteiger partial charge in [0.25, 0.3) is 0 Å². The first kappa shape index (κ1) is 15.6. The molecule has 0 atom stereocenters. The normalized spacial score (nSPS) is 10.9. The SMILES string of the molecule is COc1ccc(Nc2ccc(C(F)(F)F)cc2NC=O)cn1. The van der Waals surface area contributed by atoms with Gasteiger partial charge in [-0.2, -0.15) is 13.2 Å². The molecule has 116 valence electrons. The summed E-state index contributed by atoms with van der Waals surface area (Å²) in [6.45, 7) is 0. The first-order valence-corrected chi connectivity index (χ1v) is 6.12. The molecule has 1 aromatic heterocycles. The van der Waals surface area contributed by atoms with Crippen molar-refractivity contribution in [3.63, 3.8) is 0 Å². The second-order valence-corrected chi connectivity index (χ2v) is 4.23. The Balaban J connectivity index is 2.30. The number of hydrogen-bond donors (Lipinski definition) is 2. The zero-order valence-electron chi connectivity index (χ0n) is 11.4. The maximum atomic E-state index is 12.7. The summed E-state index contributed by atoms with van der Waals surface area (Å²) in [4.78, 5) is 14.5. The van der Waals surface area contributed by atoms with Crippen molar-refractivity contribution in [3.05, 3.63) is 42.1 Å². The van der Waals surface area contributed by atoms with E-state index in [0.717, 1.165) is 12.1 Å². The summed E-state index contributed by atoms with van der Waals surface area (Å²) in [5.41, 5.74) is 0.0115. The number of alkyl halides is 3. The molecule has 0 saturated carbocycles. The topological polar surface area (TPSA) is 63.2 Å². The third kappa shape index (κ3) is 3.66. The standard InChI is InChI=1S/C14H12F3N3O2/c1-22-13-5-3-10(7-18-13)20-11-4-2-9(14(15,16)17)6-12(11)19-8-21/h2-8,20H,1H3,(H,19,21). The fourth-order valence-corrected chi connectivity index (χ4v) is 1.74. The van der Waals surface area contributed by atoms with Crippen molar-refractivity contribution in [2.24, 2.45) is 0 Å². The molecular weight excluding hydrogens is 299 g/mol. The molecule has 0 aliphatic rings. The van der Waals surface area contributed by atoms with E-state index >= 15 is 0 Å². The third-order valence-electron chi connectivity index (χ3n) is 2.79. The summed E-state index contributed by atoms with van der Waals surface area (Å²) in [7, 11) is 1.47. The van der Waals surface area contributed by atoms with Crippen molar-refractivity contribution >= 4 is 23.5 Å². The summed E-state index contributed by atoms with van der Waals surface area (Å²) >= 11 is 0. The molecule has 0 aliphatic carbocycles. The average molecular weight is 311 g/mol. The first-order valence-electron chi connectivity index (χ1n) is 6.12. The zero-order chi connectivity index (χ0) is 16.2. The second kappa shape index (κ2) is 6.33. The number of nitrogens with zero attached hydrogens (tertiary/aromatic N) is 1. The van der Waals surface area contributed by atoms with Crippen molar-refractivity contribution in [2.75, 3.05) is 17.7 Å². The number of aromatic nitrogens is 1. The van der Waals surface area contributed by atoms with Crippen LogP contribution in [0.15, 0.2) is 36.5 Å².